The van der Waals surface area contributed by atoms with Crippen LogP contribution in [0.25, 0.3) is 16.3 Å². The van der Waals surface area contributed by atoms with Crippen LogP contribution in [0.2, 0.25) is 0 Å². The van der Waals surface area contributed by atoms with Gasteiger partial charge in [-0.2, -0.15) is 4.80 Å². The van der Waals surface area contributed by atoms with E-state index in [0.717, 1.165) is 11.1 Å². The molecule has 0 aliphatic rings. The minimum atomic E-state index is -0.106. The Morgan fingerprint density at radius 1 is 1.26 bits per heavy atom. The number of thiazole rings is 1. The standard InChI is InChI=1S/C15H12N6OS/c1-10-4-2-3-5-12(10)14-17-19-21(18-14)9-11-8-13(22)20-6-7-23-15(20)16-11/h2-8H,9H2,1H3. The third kappa shape index (κ3) is 2.53. The van der Waals surface area contributed by atoms with Gasteiger partial charge in [-0.25, -0.2) is 4.98 Å². The van der Waals surface area contributed by atoms with E-state index < -0.39 is 0 Å². The third-order valence-corrected chi connectivity index (χ3v) is 4.26. The average Bonchev–Trinajstić information content (AvgIpc) is 3.17. The molecule has 7 nitrogen and oxygen atoms in total. The van der Waals surface area contributed by atoms with Gasteiger partial charge in [0.1, 0.15) is 6.54 Å². The molecule has 0 radical (unpaired) electrons. The van der Waals surface area contributed by atoms with E-state index in [-0.39, 0.29) is 5.56 Å². The van der Waals surface area contributed by atoms with Crippen molar-refractivity contribution in [3.63, 3.8) is 0 Å². The molecule has 0 spiro atoms. The van der Waals surface area contributed by atoms with E-state index in [2.05, 4.69) is 20.4 Å². The Morgan fingerprint density at radius 3 is 3.00 bits per heavy atom. The second-order valence-corrected chi connectivity index (χ2v) is 5.97. The summed E-state index contributed by atoms with van der Waals surface area (Å²) in [4.78, 5) is 18.5. The van der Waals surface area contributed by atoms with E-state index in [1.165, 1.54) is 26.6 Å². The lowest BCUT2D eigenvalue weighted by Gasteiger charge is -2.00. The maximum absolute atomic E-state index is 12.0. The Kier molecular flexibility index (Phi) is 3.23. The van der Waals surface area contributed by atoms with Gasteiger partial charge in [-0.1, -0.05) is 24.3 Å². The molecule has 0 atom stereocenters. The van der Waals surface area contributed by atoms with Gasteiger partial charge < -0.3 is 0 Å². The van der Waals surface area contributed by atoms with E-state index in [1.54, 1.807) is 6.20 Å². The van der Waals surface area contributed by atoms with Gasteiger partial charge in [0.15, 0.2) is 4.96 Å². The number of aryl methyl sites for hydroxylation is 1. The van der Waals surface area contributed by atoms with Crippen molar-refractivity contribution in [3.8, 4) is 11.4 Å². The average molecular weight is 324 g/mol. The van der Waals surface area contributed by atoms with Gasteiger partial charge in [-0.15, -0.1) is 21.5 Å². The molecule has 0 N–H and O–H groups in total. The number of rotatable bonds is 3. The maximum Gasteiger partial charge on any atom is 0.258 e. The van der Waals surface area contributed by atoms with Gasteiger partial charge in [-0.05, 0) is 17.7 Å². The molecule has 0 fully saturated rings. The summed E-state index contributed by atoms with van der Waals surface area (Å²) >= 11 is 1.42. The SMILES string of the molecule is Cc1ccccc1-c1nnn(Cc2cc(=O)n3ccsc3n2)n1. The smallest absolute Gasteiger partial charge is 0.258 e. The molecule has 3 aromatic heterocycles. The molecule has 4 rings (SSSR count). The van der Waals surface area contributed by atoms with Gasteiger partial charge in [0.05, 0.1) is 5.69 Å². The number of benzene rings is 1. The Bertz CT molecular complexity index is 1050. The maximum atomic E-state index is 12.0. The van der Waals surface area contributed by atoms with Crippen LogP contribution in [0.1, 0.15) is 11.3 Å². The van der Waals surface area contributed by atoms with E-state index in [1.807, 2.05) is 36.6 Å². The quantitative estimate of drug-likeness (QED) is 0.574. The van der Waals surface area contributed by atoms with Crippen molar-refractivity contribution < 1.29 is 0 Å². The summed E-state index contributed by atoms with van der Waals surface area (Å²) in [6.07, 6.45) is 1.71. The first-order valence-electron chi connectivity index (χ1n) is 7.00. The monoisotopic (exact) mass is 324 g/mol. The van der Waals surface area contributed by atoms with Gasteiger partial charge in [-0.3, -0.25) is 9.20 Å². The lowest BCUT2D eigenvalue weighted by molar-refractivity contribution is 0.564. The van der Waals surface area contributed by atoms with Crippen LogP contribution in [0.4, 0.5) is 0 Å². The van der Waals surface area contributed by atoms with Crippen LogP contribution in [0.15, 0.2) is 46.7 Å². The summed E-state index contributed by atoms with van der Waals surface area (Å²) in [7, 11) is 0. The summed E-state index contributed by atoms with van der Waals surface area (Å²) in [6.45, 7) is 2.31. The lowest BCUT2D eigenvalue weighted by atomic mass is 10.1. The highest BCUT2D eigenvalue weighted by atomic mass is 32.1. The van der Waals surface area contributed by atoms with Crippen LogP contribution in [0.5, 0.6) is 0 Å². The van der Waals surface area contributed by atoms with E-state index in [4.69, 9.17) is 0 Å². The van der Waals surface area contributed by atoms with Gasteiger partial charge in [0.25, 0.3) is 5.56 Å². The summed E-state index contributed by atoms with van der Waals surface area (Å²) in [5, 5.41) is 14.4. The fourth-order valence-corrected chi connectivity index (χ4v) is 3.09. The zero-order valence-electron chi connectivity index (χ0n) is 12.2. The molecular formula is C15H12N6OS. The van der Waals surface area contributed by atoms with Crippen molar-refractivity contribution in [2.24, 2.45) is 0 Å². The minimum Gasteiger partial charge on any atom is -0.269 e. The van der Waals surface area contributed by atoms with Gasteiger partial charge in [0.2, 0.25) is 5.82 Å². The molecule has 0 bridgehead atoms. The molecule has 4 aromatic rings. The molecule has 23 heavy (non-hydrogen) atoms. The molecule has 3 heterocycles. The highest BCUT2D eigenvalue weighted by molar-refractivity contribution is 7.15. The molecule has 114 valence electrons. The first-order chi connectivity index (χ1) is 11.2. The number of hydrogen-bond donors (Lipinski definition) is 0. The van der Waals surface area contributed by atoms with E-state index >= 15 is 0 Å². The fourth-order valence-electron chi connectivity index (χ4n) is 2.36. The Hall–Kier alpha value is -2.87. The molecule has 1 aromatic carbocycles. The predicted molar refractivity (Wildman–Crippen MR) is 86.4 cm³/mol. The van der Waals surface area contributed by atoms with Gasteiger partial charge >= 0.3 is 0 Å². The molecule has 8 heteroatoms. The largest absolute Gasteiger partial charge is 0.269 e. The van der Waals surface area contributed by atoms with Crippen molar-refractivity contribution in [2.75, 3.05) is 0 Å². The van der Waals surface area contributed by atoms with Crippen molar-refractivity contribution in [3.05, 3.63) is 63.5 Å². The normalized spacial score (nSPS) is 11.2. The van der Waals surface area contributed by atoms with Crippen molar-refractivity contribution in [1.29, 1.82) is 0 Å². The van der Waals surface area contributed by atoms with Crippen molar-refractivity contribution in [1.82, 2.24) is 29.6 Å². The number of fused-ring (bicyclic) bond motifs is 1. The van der Waals surface area contributed by atoms with Crippen LogP contribution in [0, 0.1) is 6.92 Å². The summed E-state index contributed by atoms with van der Waals surface area (Å²) < 4.78 is 1.52. The molecule has 0 saturated carbocycles. The zero-order chi connectivity index (χ0) is 15.8. The molecular weight excluding hydrogens is 312 g/mol. The van der Waals surface area contributed by atoms with Crippen LogP contribution in [-0.4, -0.2) is 29.6 Å². The fraction of sp³-hybridized carbons (Fsp3) is 0.133. The lowest BCUT2D eigenvalue weighted by Crippen LogP contribution is -2.15. The molecule has 0 saturated heterocycles. The zero-order valence-corrected chi connectivity index (χ0v) is 13.1. The van der Waals surface area contributed by atoms with Crippen LogP contribution < -0.4 is 5.56 Å². The summed E-state index contributed by atoms with van der Waals surface area (Å²) in [5.41, 5.74) is 2.54. The molecule has 0 unspecified atom stereocenters. The summed E-state index contributed by atoms with van der Waals surface area (Å²) in [6, 6.07) is 9.37. The van der Waals surface area contributed by atoms with Crippen LogP contribution >= 0.6 is 11.3 Å². The number of tetrazole rings is 1. The summed E-state index contributed by atoms with van der Waals surface area (Å²) in [5.74, 6) is 0.567. The Labute approximate surface area is 134 Å². The van der Waals surface area contributed by atoms with E-state index in [0.29, 0.717) is 23.0 Å². The Morgan fingerprint density at radius 2 is 2.13 bits per heavy atom. The van der Waals surface area contributed by atoms with E-state index in [9.17, 15) is 4.79 Å². The molecule has 0 aliphatic heterocycles. The third-order valence-electron chi connectivity index (χ3n) is 3.50. The van der Waals surface area contributed by atoms with Crippen LogP contribution in [-0.2, 0) is 6.54 Å². The number of hydrogen-bond acceptors (Lipinski definition) is 6. The van der Waals surface area contributed by atoms with Crippen molar-refractivity contribution in [2.45, 2.75) is 13.5 Å². The second-order valence-electron chi connectivity index (χ2n) is 5.10. The predicted octanol–water partition coefficient (Wildman–Crippen LogP) is 1.77. The topological polar surface area (TPSA) is 78.0 Å². The molecule has 0 aliphatic carbocycles. The van der Waals surface area contributed by atoms with Crippen molar-refractivity contribution >= 4 is 16.3 Å². The van der Waals surface area contributed by atoms with Gasteiger partial charge in [0, 0.05) is 23.2 Å². The highest BCUT2D eigenvalue weighted by Gasteiger charge is 2.10. The molecule has 0 amide bonds. The highest BCUT2D eigenvalue weighted by Crippen LogP contribution is 2.18. The first-order valence-corrected chi connectivity index (χ1v) is 7.88. The second kappa shape index (κ2) is 5.40. The Balaban J connectivity index is 1.67. The minimum absolute atomic E-state index is 0.106. The number of aromatic nitrogens is 6. The van der Waals surface area contributed by atoms with Crippen LogP contribution in [0.3, 0.4) is 0 Å². The number of nitrogens with zero attached hydrogens (tertiary/aromatic N) is 6. The first kappa shape index (κ1) is 13.8.